The number of aliphatic hydroxyl groups is 1. The van der Waals surface area contributed by atoms with Gasteiger partial charge in [-0.1, -0.05) is 22.9 Å². The van der Waals surface area contributed by atoms with E-state index in [-0.39, 0.29) is 6.61 Å². The molecule has 2 aromatic rings. The fraction of sp³-hybridized carbons (Fsp3) is 0.214. The van der Waals surface area contributed by atoms with Crippen molar-refractivity contribution in [2.45, 2.75) is 20.0 Å². The summed E-state index contributed by atoms with van der Waals surface area (Å²) < 4.78 is 7.57. The standard InChI is InChI=1S/C14H13Br2NO2/c1-2-11-5-9(8-18)6-14(17-11)19-13-4-3-10(15)7-12(13)16/h3-7,18H,2,8H2,1H3. The maximum Gasteiger partial charge on any atom is 0.219 e. The van der Waals surface area contributed by atoms with Crippen molar-refractivity contribution in [3.8, 4) is 11.6 Å². The van der Waals surface area contributed by atoms with E-state index in [9.17, 15) is 5.11 Å². The summed E-state index contributed by atoms with van der Waals surface area (Å²) >= 11 is 6.84. The lowest BCUT2D eigenvalue weighted by atomic mass is 10.2. The van der Waals surface area contributed by atoms with Crippen LogP contribution in [0, 0.1) is 0 Å². The summed E-state index contributed by atoms with van der Waals surface area (Å²) in [5.41, 5.74) is 1.70. The van der Waals surface area contributed by atoms with E-state index in [1.165, 1.54) is 0 Å². The number of nitrogens with zero attached hydrogens (tertiary/aromatic N) is 1. The molecule has 3 nitrogen and oxygen atoms in total. The molecular weight excluding hydrogens is 374 g/mol. The topological polar surface area (TPSA) is 42.4 Å². The van der Waals surface area contributed by atoms with Crippen LogP contribution in [0.15, 0.2) is 39.3 Å². The Morgan fingerprint density at radius 1 is 1.21 bits per heavy atom. The molecule has 0 aliphatic rings. The van der Waals surface area contributed by atoms with E-state index < -0.39 is 0 Å². The summed E-state index contributed by atoms with van der Waals surface area (Å²) in [6.07, 6.45) is 0.797. The Bertz CT molecular complexity index is 565. The Hall–Kier alpha value is -0.910. The molecule has 0 amide bonds. The third-order valence-corrected chi connectivity index (χ3v) is 3.68. The van der Waals surface area contributed by atoms with Gasteiger partial charge in [-0.3, -0.25) is 0 Å². The van der Waals surface area contributed by atoms with Gasteiger partial charge in [0.2, 0.25) is 5.88 Å². The number of aliphatic hydroxyl groups excluding tert-OH is 1. The van der Waals surface area contributed by atoms with Crippen LogP contribution in [0.5, 0.6) is 11.6 Å². The Morgan fingerprint density at radius 2 is 2.00 bits per heavy atom. The molecular formula is C14H13Br2NO2. The first-order valence-electron chi connectivity index (χ1n) is 5.86. The van der Waals surface area contributed by atoms with E-state index in [0.29, 0.717) is 11.6 Å². The molecule has 0 fully saturated rings. The fourth-order valence-corrected chi connectivity index (χ4v) is 2.74. The highest BCUT2D eigenvalue weighted by atomic mass is 79.9. The number of hydrogen-bond acceptors (Lipinski definition) is 3. The van der Waals surface area contributed by atoms with Gasteiger partial charge in [-0.05, 0) is 52.2 Å². The van der Waals surface area contributed by atoms with Crippen molar-refractivity contribution in [3.63, 3.8) is 0 Å². The van der Waals surface area contributed by atoms with Gasteiger partial charge in [0, 0.05) is 16.2 Å². The zero-order valence-corrected chi connectivity index (χ0v) is 13.5. The molecule has 0 atom stereocenters. The highest BCUT2D eigenvalue weighted by Gasteiger charge is 2.07. The minimum absolute atomic E-state index is 0.0204. The van der Waals surface area contributed by atoms with Crippen molar-refractivity contribution in [2.24, 2.45) is 0 Å². The highest BCUT2D eigenvalue weighted by Crippen LogP contribution is 2.31. The van der Waals surface area contributed by atoms with E-state index in [1.54, 1.807) is 6.07 Å². The maximum absolute atomic E-state index is 9.24. The van der Waals surface area contributed by atoms with Gasteiger partial charge in [0.1, 0.15) is 5.75 Å². The Morgan fingerprint density at radius 3 is 2.63 bits per heavy atom. The Kier molecular flexibility index (Phi) is 4.96. The van der Waals surface area contributed by atoms with Gasteiger partial charge in [0.25, 0.3) is 0 Å². The largest absolute Gasteiger partial charge is 0.438 e. The molecule has 0 spiro atoms. The van der Waals surface area contributed by atoms with E-state index in [4.69, 9.17) is 4.74 Å². The van der Waals surface area contributed by atoms with Crippen molar-refractivity contribution < 1.29 is 9.84 Å². The average molecular weight is 387 g/mol. The third-order valence-electron chi connectivity index (χ3n) is 2.57. The second-order valence-corrected chi connectivity index (χ2v) is 5.76. The average Bonchev–Trinajstić information content (AvgIpc) is 2.41. The first-order valence-corrected chi connectivity index (χ1v) is 7.44. The highest BCUT2D eigenvalue weighted by molar-refractivity contribution is 9.11. The molecule has 0 saturated carbocycles. The van der Waals surface area contributed by atoms with E-state index in [1.807, 2.05) is 31.2 Å². The molecule has 0 saturated heterocycles. The summed E-state index contributed by atoms with van der Waals surface area (Å²) in [6, 6.07) is 9.28. The monoisotopic (exact) mass is 385 g/mol. The molecule has 0 aliphatic carbocycles. The molecule has 0 unspecified atom stereocenters. The van der Waals surface area contributed by atoms with Crippen molar-refractivity contribution in [1.82, 2.24) is 4.98 Å². The summed E-state index contributed by atoms with van der Waals surface area (Å²) in [4.78, 5) is 4.39. The molecule has 1 aromatic heterocycles. The summed E-state index contributed by atoms with van der Waals surface area (Å²) in [5, 5.41) is 9.24. The molecule has 0 bridgehead atoms. The van der Waals surface area contributed by atoms with Crippen molar-refractivity contribution in [2.75, 3.05) is 0 Å². The number of aryl methyl sites for hydroxylation is 1. The minimum Gasteiger partial charge on any atom is -0.438 e. The predicted molar refractivity (Wildman–Crippen MR) is 81.5 cm³/mol. The molecule has 1 heterocycles. The van der Waals surface area contributed by atoms with Crippen LogP contribution in [-0.4, -0.2) is 10.1 Å². The van der Waals surface area contributed by atoms with E-state index in [0.717, 1.165) is 26.6 Å². The number of rotatable bonds is 4. The van der Waals surface area contributed by atoms with Crippen LogP contribution in [0.25, 0.3) is 0 Å². The first kappa shape index (κ1) is 14.5. The fourth-order valence-electron chi connectivity index (χ4n) is 1.62. The summed E-state index contributed by atoms with van der Waals surface area (Å²) in [7, 11) is 0. The summed E-state index contributed by atoms with van der Waals surface area (Å²) in [6.45, 7) is 2.00. The first-order chi connectivity index (χ1) is 9.12. The number of aromatic nitrogens is 1. The van der Waals surface area contributed by atoms with E-state index in [2.05, 4.69) is 36.8 Å². The van der Waals surface area contributed by atoms with Gasteiger partial charge in [-0.25, -0.2) is 4.98 Å². The zero-order chi connectivity index (χ0) is 13.8. The Balaban J connectivity index is 2.31. The van der Waals surface area contributed by atoms with Gasteiger partial charge in [-0.2, -0.15) is 0 Å². The quantitative estimate of drug-likeness (QED) is 0.843. The van der Waals surface area contributed by atoms with Crippen LogP contribution in [0.2, 0.25) is 0 Å². The lowest BCUT2D eigenvalue weighted by Gasteiger charge is -2.10. The van der Waals surface area contributed by atoms with Gasteiger partial charge >= 0.3 is 0 Å². The second kappa shape index (κ2) is 6.50. The van der Waals surface area contributed by atoms with Gasteiger partial charge in [0.15, 0.2) is 0 Å². The SMILES string of the molecule is CCc1cc(CO)cc(Oc2ccc(Br)cc2Br)n1. The van der Waals surface area contributed by atoms with Crippen LogP contribution in [-0.2, 0) is 13.0 Å². The smallest absolute Gasteiger partial charge is 0.219 e. The lowest BCUT2D eigenvalue weighted by Crippen LogP contribution is -1.96. The lowest BCUT2D eigenvalue weighted by molar-refractivity contribution is 0.281. The normalized spacial score (nSPS) is 10.5. The predicted octanol–water partition coefficient (Wildman–Crippen LogP) is 4.45. The molecule has 0 radical (unpaired) electrons. The van der Waals surface area contributed by atoms with Gasteiger partial charge in [-0.15, -0.1) is 0 Å². The number of hydrogen-bond donors (Lipinski definition) is 1. The molecule has 2 rings (SSSR count). The Labute approximate surface area is 128 Å². The number of halogens is 2. The van der Waals surface area contributed by atoms with Crippen LogP contribution < -0.4 is 4.74 Å². The number of benzene rings is 1. The van der Waals surface area contributed by atoms with Crippen molar-refractivity contribution >= 4 is 31.9 Å². The van der Waals surface area contributed by atoms with Crippen molar-refractivity contribution in [3.05, 3.63) is 50.5 Å². The van der Waals surface area contributed by atoms with Crippen LogP contribution >= 0.6 is 31.9 Å². The molecule has 1 N–H and O–H groups in total. The van der Waals surface area contributed by atoms with E-state index >= 15 is 0 Å². The molecule has 100 valence electrons. The zero-order valence-electron chi connectivity index (χ0n) is 10.4. The van der Waals surface area contributed by atoms with Crippen LogP contribution in [0.1, 0.15) is 18.2 Å². The number of pyridine rings is 1. The molecule has 0 aliphatic heterocycles. The van der Waals surface area contributed by atoms with Gasteiger partial charge in [0.05, 0.1) is 11.1 Å². The minimum atomic E-state index is -0.0204. The molecule has 1 aromatic carbocycles. The van der Waals surface area contributed by atoms with Crippen LogP contribution in [0.3, 0.4) is 0 Å². The summed E-state index contributed by atoms with van der Waals surface area (Å²) in [5.74, 6) is 1.18. The van der Waals surface area contributed by atoms with Crippen molar-refractivity contribution in [1.29, 1.82) is 0 Å². The molecule has 19 heavy (non-hydrogen) atoms. The maximum atomic E-state index is 9.24. The van der Waals surface area contributed by atoms with Gasteiger partial charge < -0.3 is 9.84 Å². The van der Waals surface area contributed by atoms with Crippen LogP contribution in [0.4, 0.5) is 0 Å². The second-order valence-electron chi connectivity index (χ2n) is 3.99. The third kappa shape index (κ3) is 3.78. The number of ether oxygens (including phenoxy) is 1. The molecule has 5 heteroatoms.